The van der Waals surface area contributed by atoms with E-state index >= 15 is 0 Å². The summed E-state index contributed by atoms with van der Waals surface area (Å²) in [6.45, 7) is 5.60. The number of benzene rings is 1. The van der Waals surface area contributed by atoms with Crippen LogP contribution in [-0.4, -0.2) is 24.0 Å². The van der Waals surface area contributed by atoms with Gasteiger partial charge in [-0.3, -0.25) is 0 Å². The van der Waals surface area contributed by atoms with Gasteiger partial charge < -0.3 is 10.2 Å². The largest absolute Gasteiger partial charge is 0.325 e. The Morgan fingerprint density at radius 3 is 2.28 bits per heavy atom. The molecular formula is C13H18Cl2N2O. The Balaban J connectivity index is 2.69. The third kappa shape index (κ3) is 4.39. The molecular weight excluding hydrogens is 271 g/mol. The number of hydrogen-bond donors (Lipinski definition) is 1. The molecule has 1 rings (SSSR count). The van der Waals surface area contributed by atoms with E-state index in [2.05, 4.69) is 19.2 Å². The van der Waals surface area contributed by atoms with E-state index in [0.29, 0.717) is 15.7 Å². The zero-order chi connectivity index (χ0) is 13.5. The second kappa shape index (κ2) is 7.49. The predicted octanol–water partition coefficient (Wildman–Crippen LogP) is 4.65. The molecule has 0 aromatic heterocycles. The number of anilines is 1. The summed E-state index contributed by atoms with van der Waals surface area (Å²) in [6, 6.07) is 4.96. The molecule has 0 saturated heterocycles. The summed E-state index contributed by atoms with van der Waals surface area (Å²) >= 11 is 11.7. The van der Waals surface area contributed by atoms with Gasteiger partial charge in [0, 0.05) is 18.8 Å². The molecule has 3 nitrogen and oxygen atoms in total. The number of carbonyl (C=O) groups excluding carboxylic acids is 1. The first-order valence-electron chi connectivity index (χ1n) is 6.09. The maximum Gasteiger partial charge on any atom is 0.321 e. The molecule has 0 bridgehead atoms. The first-order valence-corrected chi connectivity index (χ1v) is 6.85. The van der Waals surface area contributed by atoms with Crippen molar-refractivity contribution in [2.75, 3.05) is 18.4 Å². The van der Waals surface area contributed by atoms with Crippen LogP contribution >= 0.6 is 23.2 Å². The Bertz CT molecular complexity index is 404. The van der Waals surface area contributed by atoms with Crippen molar-refractivity contribution in [2.24, 2.45) is 0 Å². The van der Waals surface area contributed by atoms with Crippen LogP contribution in [0.3, 0.4) is 0 Å². The Labute approximate surface area is 118 Å². The zero-order valence-electron chi connectivity index (χ0n) is 10.7. The van der Waals surface area contributed by atoms with Crippen LogP contribution in [0.15, 0.2) is 18.2 Å². The van der Waals surface area contributed by atoms with E-state index in [9.17, 15) is 4.79 Å². The number of amides is 2. The number of hydrogen-bond acceptors (Lipinski definition) is 1. The molecule has 1 aromatic rings. The van der Waals surface area contributed by atoms with Crippen molar-refractivity contribution in [1.82, 2.24) is 4.90 Å². The number of carbonyl (C=O) groups is 1. The lowest BCUT2D eigenvalue weighted by Gasteiger charge is -2.22. The van der Waals surface area contributed by atoms with Gasteiger partial charge in [0.15, 0.2) is 0 Å². The fourth-order valence-electron chi connectivity index (χ4n) is 1.63. The van der Waals surface area contributed by atoms with E-state index in [1.54, 1.807) is 23.1 Å². The first-order chi connectivity index (χ1) is 8.58. The Morgan fingerprint density at radius 2 is 1.78 bits per heavy atom. The van der Waals surface area contributed by atoms with Crippen molar-refractivity contribution in [3.8, 4) is 0 Å². The highest BCUT2D eigenvalue weighted by atomic mass is 35.5. The summed E-state index contributed by atoms with van der Waals surface area (Å²) in [5.41, 5.74) is 0.659. The van der Waals surface area contributed by atoms with Gasteiger partial charge in [-0.1, -0.05) is 37.0 Å². The minimum absolute atomic E-state index is 0.0999. The maximum atomic E-state index is 12.0. The Morgan fingerprint density at radius 1 is 1.17 bits per heavy atom. The Hall–Kier alpha value is -0.930. The van der Waals surface area contributed by atoms with E-state index in [1.165, 1.54) is 0 Å². The fraction of sp³-hybridized carbons (Fsp3) is 0.462. The lowest BCUT2D eigenvalue weighted by molar-refractivity contribution is 0.211. The summed E-state index contributed by atoms with van der Waals surface area (Å²) < 4.78 is 0. The molecule has 1 aromatic carbocycles. The topological polar surface area (TPSA) is 32.3 Å². The van der Waals surface area contributed by atoms with E-state index in [1.807, 2.05) is 0 Å². The lowest BCUT2D eigenvalue weighted by Crippen LogP contribution is -2.36. The molecule has 0 aliphatic carbocycles. The third-order valence-corrected chi connectivity index (χ3v) is 3.18. The molecule has 0 heterocycles. The third-order valence-electron chi connectivity index (χ3n) is 2.45. The van der Waals surface area contributed by atoms with Crippen LogP contribution in [0.2, 0.25) is 10.0 Å². The van der Waals surface area contributed by atoms with Crippen LogP contribution < -0.4 is 5.32 Å². The summed E-state index contributed by atoms with van der Waals surface area (Å²) in [5.74, 6) is 0. The summed E-state index contributed by atoms with van der Waals surface area (Å²) in [6.07, 6.45) is 1.88. The van der Waals surface area contributed by atoms with Crippen LogP contribution in [0.4, 0.5) is 10.5 Å². The molecule has 0 atom stereocenters. The van der Waals surface area contributed by atoms with Gasteiger partial charge in [-0.2, -0.15) is 0 Å². The second-order valence-corrected chi connectivity index (χ2v) is 4.86. The average molecular weight is 289 g/mol. The molecule has 18 heavy (non-hydrogen) atoms. The second-order valence-electron chi connectivity index (χ2n) is 4.05. The molecule has 0 unspecified atom stereocenters. The molecule has 0 spiro atoms. The summed E-state index contributed by atoms with van der Waals surface area (Å²) in [5, 5.41) is 3.74. The molecule has 100 valence electrons. The molecule has 5 heteroatoms. The van der Waals surface area contributed by atoms with Crippen LogP contribution in [0.25, 0.3) is 0 Å². The molecule has 0 radical (unpaired) electrons. The van der Waals surface area contributed by atoms with Crippen LogP contribution in [0.5, 0.6) is 0 Å². The van der Waals surface area contributed by atoms with Gasteiger partial charge in [-0.15, -0.1) is 0 Å². The quantitative estimate of drug-likeness (QED) is 0.841. The van der Waals surface area contributed by atoms with Gasteiger partial charge in [-0.05, 0) is 31.0 Å². The minimum Gasteiger partial charge on any atom is -0.325 e. The van der Waals surface area contributed by atoms with Gasteiger partial charge in [0.2, 0.25) is 0 Å². The zero-order valence-corrected chi connectivity index (χ0v) is 12.2. The normalized spacial score (nSPS) is 10.2. The van der Waals surface area contributed by atoms with E-state index < -0.39 is 0 Å². The van der Waals surface area contributed by atoms with Crippen molar-refractivity contribution in [1.29, 1.82) is 0 Å². The van der Waals surface area contributed by atoms with Crippen molar-refractivity contribution < 1.29 is 4.79 Å². The van der Waals surface area contributed by atoms with E-state index in [4.69, 9.17) is 23.2 Å². The molecule has 2 amide bonds. The molecule has 0 aliphatic heterocycles. The van der Waals surface area contributed by atoms with Crippen LogP contribution in [0, 0.1) is 0 Å². The van der Waals surface area contributed by atoms with Crippen molar-refractivity contribution in [3.63, 3.8) is 0 Å². The van der Waals surface area contributed by atoms with Gasteiger partial charge >= 0.3 is 6.03 Å². The smallest absolute Gasteiger partial charge is 0.321 e. The molecule has 0 fully saturated rings. The molecule has 0 aliphatic rings. The number of halogens is 2. The number of nitrogens with one attached hydrogen (secondary N) is 1. The highest BCUT2D eigenvalue weighted by molar-refractivity contribution is 6.42. The van der Waals surface area contributed by atoms with Gasteiger partial charge in [0.25, 0.3) is 0 Å². The van der Waals surface area contributed by atoms with Gasteiger partial charge in [-0.25, -0.2) is 4.79 Å². The van der Waals surface area contributed by atoms with Crippen molar-refractivity contribution in [2.45, 2.75) is 26.7 Å². The maximum absolute atomic E-state index is 12.0. The monoisotopic (exact) mass is 288 g/mol. The summed E-state index contributed by atoms with van der Waals surface area (Å²) in [7, 11) is 0. The number of nitrogens with zero attached hydrogens (tertiary/aromatic N) is 1. The van der Waals surface area contributed by atoms with Crippen LogP contribution in [0.1, 0.15) is 26.7 Å². The minimum atomic E-state index is -0.0999. The van der Waals surface area contributed by atoms with Crippen molar-refractivity contribution in [3.05, 3.63) is 28.2 Å². The van der Waals surface area contributed by atoms with Gasteiger partial charge in [0.05, 0.1) is 10.0 Å². The van der Waals surface area contributed by atoms with E-state index in [-0.39, 0.29) is 6.03 Å². The average Bonchev–Trinajstić information content (AvgIpc) is 2.33. The lowest BCUT2D eigenvalue weighted by atomic mass is 10.3. The van der Waals surface area contributed by atoms with Crippen molar-refractivity contribution >= 4 is 34.9 Å². The SMILES string of the molecule is CCCN(CCC)C(=O)Nc1ccc(Cl)c(Cl)c1. The van der Waals surface area contributed by atoms with Crippen LogP contribution in [-0.2, 0) is 0 Å². The first kappa shape index (κ1) is 15.1. The standard InChI is InChI=1S/C13H18Cl2N2O/c1-3-7-17(8-4-2)13(18)16-10-5-6-11(14)12(15)9-10/h5-6,9H,3-4,7-8H2,1-2H3,(H,16,18). The molecule has 1 N–H and O–H groups in total. The fourth-order valence-corrected chi connectivity index (χ4v) is 1.93. The predicted molar refractivity (Wildman–Crippen MR) is 77.6 cm³/mol. The number of rotatable bonds is 5. The highest BCUT2D eigenvalue weighted by Gasteiger charge is 2.12. The highest BCUT2D eigenvalue weighted by Crippen LogP contribution is 2.25. The van der Waals surface area contributed by atoms with Gasteiger partial charge in [0.1, 0.15) is 0 Å². The summed E-state index contributed by atoms with van der Waals surface area (Å²) in [4.78, 5) is 13.8. The molecule has 0 saturated carbocycles. The number of urea groups is 1. The Kier molecular flexibility index (Phi) is 6.30. The van der Waals surface area contributed by atoms with E-state index in [0.717, 1.165) is 25.9 Å².